The smallest absolute Gasteiger partial charge is 0.0625 e. The number of thioether (sulfide) groups is 1. The molecule has 0 atom stereocenters. The highest BCUT2D eigenvalue weighted by atomic mass is 32.2. The number of hydrogen-bond donors (Lipinski definition) is 1. The SMILES string of the molecule is Cc1ccccc1NCCSc1cnn(C)c1. The van der Waals surface area contributed by atoms with Crippen molar-refractivity contribution in [2.75, 3.05) is 17.6 Å². The van der Waals surface area contributed by atoms with Crippen LogP contribution in [0.25, 0.3) is 0 Å². The van der Waals surface area contributed by atoms with E-state index in [9.17, 15) is 0 Å². The number of aryl methyl sites for hydroxylation is 2. The lowest BCUT2D eigenvalue weighted by molar-refractivity contribution is 0.766. The molecule has 0 spiro atoms. The summed E-state index contributed by atoms with van der Waals surface area (Å²) in [6, 6.07) is 8.36. The Hall–Kier alpha value is -1.42. The van der Waals surface area contributed by atoms with Gasteiger partial charge in [-0.15, -0.1) is 11.8 Å². The molecule has 2 aromatic rings. The largest absolute Gasteiger partial charge is 0.384 e. The lowest BCUT2D eigenvalue weighted by Crippen LogP contribution is -2.04. The number of aromatic nitrogens is 2. The van der Waals surface area contributed by atoms with Gasteiger partial charge in [-0.1, -0.05) is 18.2 Å². The number of nitrogens with one attached hydrogen (secondary N) is 1. The van der Waals surface area contributed by atoms with Crippen molar-refractivity contribution in [3.05, 3.63) is 42.2 Å². The molecule has 0 saturated heterocycles. The van der Waals surface area contributed by atoms with E-state index in [0.29, 0.717) is 0 Å². The quantitative estimate of drug-likeness (QED) is 0.651. The molecule has 0 bridgehead atoms. The molecule has 0 aliphatic heterocycles. The van der Waals surface area contributed by atoms with Crippen LogP contribution in [0.3, 0.4) is 0 Å². The molecule has 4 heteroatoms. The maximum Gasteiger partial charge on any atom is 0.0625 e. The van der Waals surface area contributed by atoms with E-state index in [4.69, 9.17) is 0 Å². The van der Waals surface area contributed by atoms with E-state index in [1.54, 1.807) is 0 Å². The third-order valence-corrected chi connectivity index (χ3v) is 3.46. The molecule has 0 fully saturated rings. The summed E-state index contributed by atoms with van der Waals surface area (Å²) in [7, 11) is 1.94. The van der Waals surface area contributed by atoms with Gasteiger partial charge < -0.3 is 5.32 Å². The fraction of sp³-hybridized carbons (Fsp3) is 0.308. The van der Waals surface area contributed by atoms with Gasteiger partial charge in [0, 0.05) is 36.1 Å². The summed E-state index contributed by atoms with van der Waals surface area (Å²) in [6.07, 6.45) is 3.94. The second-order valence-corrected chi connectivity index (χ2v) is 5.11. The zero-order chi connectivity index (χ0) is 12.1. The van der Waals surface area contributed by atoms with Crippen LogP contribution in [0.1, 0.15) is 5.56 Å². The molecule has 1 heterocycles. The van der Waals surface area contributed by atoms with E-state index in [-0.39, 0.29) is 0 Å². The van der Waals surface area contributed by atoms with Crippen LogP contribution >= 0.6 is 11.8 Å². The highest BCUT2D eigenvalue weighted by Gasteiger charge is 1.98. The predicted molar refractivity (Wildman–Crippen MR) is 73.6 cm³/mol. The van der Waals surface area contributed by atoms with Gasteiger partial charge in [0.2, 0.25) is 0 Å². The molecule has 1 aromatic carbocycles. The van der Waals surface area contributed by atoms with Gasteiger partial charge in [0.25, 0.3) is 0 Å². The van der Waals surface area contributed by atoms with Crippen LogP contribution < -0.4 is 5.32 Å². The van der Waals surface area contributed by atoms with Crippen molar-refractivity contribution in [1.29, 1.82) is 0 Å². The summed E-state index contributed by atoms with van der Waals surface area (Å²) in [5.41, 5.74) is 2.51. The molecule has 0 aliphatic rings. The third-order valence-electron chi connectivity index (χ3n) is 2.51. The zero-order valence-electron chi connectivity index (χ0n) is 10.2. The van der Waals surface area contributed by atoms with Crippen molar-refractivity contribution in [3.8, 4) is 0 Å². The van der Waals surface area contributed by atoms with Gasteiger partial charge in [0.05, 0.1) is 6.20 Å². The topological polar surface area (TPSA) is 29.9 Å². The van der Waals surface area contributed by atoms with Crippen molar-refractivity contribution < 1.29 is 0 Å². The molecule has 17 heavy (non-hydrogen) atoms. The van der Waals surface area contributed by atoms with Crippen LogP contribution in [0, 0.1) is 6.92 Å². The monoisotopic (exact) mass is 247 g/mol. The summed E-state index contributed by atoms with van der Waals surface area (Å²) in [6.45, 7) is 3.08. The van der Waals surface area contributed by atoms with E-state index in [0.717, 1.165) is 12.3 Å². The Balaban J connectivity index is 1.75. The van der Waals surface area contributed by atoms with Crippen LogP contribution in [0.15, 0.2) is 41.6 Å². The van der Waals surface area contributed by atoms with E-state index in [1.165, 1.54) is 16.1 Å². The normalized spacial score (nSPS) is 10.5. The Bertz CT molecular complexity index is 479. The van der Waals surface area contributed by atoms with Crippen LogP contribution in [-0.4, -0.2) is 22.1 Å². The molecule has 1 aromatic heterocycles. The average molecular weight is 247 g/mol. The van der Waals surface area contributed by atoms with Crippen LogP contribution in [-0.2, 0) is 7.05 Å². The highest BCUT2D eigenvalue weighted by Crippen LogP contribution is 2.17. The minimum Gasteiger partial charge on any atom is -0.384 e. The Kier molecular flexibility index (Phi) is 4.09. The summed E-state index contributed by atoms with van der Waals surface area (Å²) in [5.74, 6) is 1.04. The summed E-state index contributed by atoms with van der Waals surface area (Å²) in [4.78, 5) is 1.22. The lowest BCUT2D eigenvalue weighted by Gasteiger charge is -2.08. The first kappa shape index (κ1) is 12.0. The van der Waals surface area contributed by atoms with Crippen molar-refractivity contribution >= 4 is 17.4 Å². The van der Waals surface area contributed by atoms with Gasteiger partial charge in [-0.2, -0.15) is 5.10 Å². The molecule has 0 saturated carbocycles. The second kappa shape index (κ2) is 5.77. The van der Waals surface area contributed by atoms with Gasteiger partial charge in [0.15, 0.2) is 0 Å². The number of nitrogens with zero attached hydrogens (tertiary/aromatic N) is 2. The molecule has 90 valence electrons. The van der Waals surface area contributed by atoms with E-state index in [1.807, 2.05) is 35.9 Å². The maximum absolute atomic E-state index is 4.14. The van der Waals surface area contributed by atoms with Gasteiger partial charge in [-0.05, 0) is 18.6 Å². The van der Waals surface area contributed by atoms with E-state index < -0.39 is 0 Å². The first-order valence-corrected chi connectivity index (χ1v) is 6.65. The second-order valence-electron chi connectivity index (χ2n) is 3.94. The lowest BCUT2D eigenvalue weighted by atomic mass is 10.2. The molecule has 0 amide bonds. The van der Waals surface area contributed by atoms with Crippen molar-refractivity contribution in [2.24, 2.45) is 7.05 Å². The number of anilines is 1. The molecule has 2 rings (SSSR count). The van der Waals surface area contributed by atoms with Crippen molar-refractivity contribution in [3.63, 3.8) is 0 Å². The highest BCUT2D eigenvalue weighted by molar-refractivity contribution is 7.99. The van der Waals surface area contributed by atoms with Crippen LogP contribution in [0.2, 0.25) is 0 Å². The molecular weight excluding hydrogens is 230 g/mol. The molecule has 3 nitrogen and oxygen atoms in total. The minimum atomic E-state index is 0.963. The van der Waals surface area contributed by atoms with E-state index >= 15 is 0 Å². The zero-order valence-corrected chi connectivity index (χ0v) is 11.0. The fourth-order valence-electron chi connectivity index (χ4n) is 1.60. The van der Waals surface area contributed by atoms with Crippen molar-refractivity contribution in [1.82, 2.24) is 9.78 Å². The standard InChI is InChI=1S/C13H17N3S/c1-11-5-3-4-6-13(11)14-7-8-17-12-9-15-16(2)10-12/h3-6,9-10,14H,7-8H2,1-2H3. The Morgan fingerprint density at radius 3 is 2.88 bits per heavy atom. The Labute approximate surface area is 106 Å². The minimum absolute atomic E-state index is 0.963. The number of para-hydroxylation sites is 1. The molecule has 0 unspecified atom stereocenters. The maximum atomic E-state index is 4.14. The molecular formula is C13H17N3S. The summed E-state index contributed by atoms with van der Waals surface area (Å²) < 4.78 is 1.83. The number of rotatable bonds is 5. The summed E-state index contributed by atoms with van der Waals surface area (Å²) >= 11 is 1.82. The molecule has 0 radical (unpaired) electrons. The van der Waals surface area contributed by atoms with Crippen LogP contribution in [0.4, 0.5) is 5.69 Å². The number of benzene rings is 1. The molecule has 0 aliphatic carbocycles. The van der Waals surface area contributed by atoms with Gasteiger partial charge >= 0.3 is 0 Å². The Morgan fingerprint density at radius 2 is 2.18 bits per heavy atom. The molecule has 1 N–H and O–H groups in total. The summed E-state index contributed by atoms with van der Waals surface area (Å²) in [5, 5.41) is 7.58. The van der Waals surface area contributed by atoms with Crippen molar-refractivity contribution in [2.45, 2.75) is 11.8 Å². The van der Waals surface area contributed by atoms with Gasteiger partial charge in [-0.25, -0.2) is 0 Å². The number of hydrogen-bond acceptors (Lipinski definition) is 3. The van der Waals surface area contributed by atoms with E-state index in [2.05, 4.69) is 41.6 Å². The fourth-order valence-corrected chi connectivity index (χ4v) is 2.39. The predicted octanol–water partition coefficient (Wildman–Crippen LogP) is 2.93. The first-order valence-electron chi connectivity index (χ1n) is 5.66. The third kappa shape index (κ3) is 3.53. The Morgan fingerprint density at radius 1 is 1.35 bits per heavy atom. The average Bonchev–Trinajstić information content (AvgIpc) is 2.73. The van der Waals surface area contributed by atoms with Gasteiger partial charge in [-0.3, -0.25) is 4.68 Å². The van der Waals surface area contributed by atoms with Gasteiger partial charge in [0.1, 0.15) is 0 Å². The van der Waals surface area contributed by atoms with Crippen LogP contribution in [0.5, 0.6) is 0 Å². The first-order chi connectivity index (χ1) is 8.25.